The first kappa shape index (κ1) is 17.4. The molecule has 8 nitrogen and oxygen atoms in total. The Kier molecular flexibility index (Phi) is 3.79. The summed E-state index contributed by atoms with van der Waals surface area (Å²) in [5.74, 6) is 1.18. The number of hydrogen-bond acceptors (Lipinski definition) is 7. The molecule has 0 radical (unpaired) electrons. The van der Waals surface area contributed by atoms with E-state index in [4.69, 9.17) is 10.2 Å². The van der Waals surface area contributed by atoms with E-state index < -0.39 is 0 Å². The molecule has 2 fully saturated rings. The SMILES string of the molecule is Nc1ncc(CN2CC3C[C@H]2CN3c2ccc(F)cc2)c2nc(-c3ccco3)nn12. The van der Waals surface area contributed by atoms with Crippen LogP contribution in [0.1, 0.15) is 12.0 Å². The summed E-state index contributed by atoms with van der Waals surface area (Å²) in [6.07, 6.45) is 4.48. The van der Waals surface area contributed by atoms with Gasteiger partial charge in [-0.25, -0.2) is 14.4 Å². The summed E-state index contributed by atoms with van der Waals surface area (Å²) in [6.45, 7) is 2.60. The van der Waals surface area contributed by atoms with Crippen LogP contribution >= 0.6 is 0 Å². The van der Waals surface area contributed by atoms with Gasteiger partial charge in [0.05, 0.1) is 6.26 Å². The van der Waals surface area contributed by atoms with Crippen LogP contribution in [0.15, 0.2) is 53.3 Å². The van der Waals surface area contributed by atoms with Gasteiger partial charge in [-0.15, -0.1) is 5.10 Å². The molecule has 2 aliphatic heterocycles. The number of piperazine rings is 1. The van der Waals surface area contributed by atoms with Crippen molar-refractivity contribution in [1.29, 1.82) is 0 Å². The first-order valence-corrected chi connectivity index (χ1v) is 9.96. The molecule has 1 aromatic carbocycles. The molecule has 1 unspecified atom stereocenters. The van der Waals surface area contributed by atoms with Crippen molar-refractivity contribution in [3.05, 3.63) is 60.2 Å². The van der Waals surface area contributed by atoms with Gasteiger partial charge in [-0.2, -0.15) is 4.52 Å². The van der Waals surface area contributed by atoms with Crippen molar-refractivity contribution in [2.45, 2.75) is 25.0 Å². The first-order valence-electron chi connectivity index (χ1n) is 9.96. The number of hydrogen-bond donors (Lipinski definition) is 1. The molecule has 2 saturated heterocycles. The summed E-state index contributed by atoms with van der Waals surface area (Å²) < 4.78 is 20.3. The molecule has 30 heavy (non-hydrogen) atoms. The van der Waals surface area contributed by atoms with Gasteiger partial charge < -0.3 is 15.1 Å². The molecule has 0 amide bonds. The Balaban J connectivity index is 1.25. The fraction of sp³-hybridized carbons (Fsp3) is 0.286. The minimum absolute atomic E-state index is 0.202. The largest absolute Gasteiger partial charge is 0.461 e. The quantitative estimate of drug-likeness (QED) is 0.558. The minimum atomic E-state index is -0.202. The Morgan fingerprint density at radius 1 is 1.13 bits per heavy atom. The molecule has 3 aromatic heterocycles. The second-order valence-corrected chi connectivity index (χ2v) is 7.89. The Labute approximate surface area is 171 Å². The molecule has 4 aromatic rings. The molecule has 0 aliphatic carbocycles. The number of anilines is 2. The third-order valence-corrected chi connectivity index (χ3v) is 6.09. The highest BCUT2D eigenvalue weighted by Crippen LogP contribution is 2.35. The van der Waals surface area contributed by atoms with Crippen LogP contribution in [0.5, 0.6) is 0 Å². The van der Waals surface area contributed by atoms with Gasteiger partial charge in [0.1, 0.15) is 5.82 Å². The number of fused-ring (bicyclic) bond motifs is 3. The molecule has 152 valence electrons. The Morgan fingerprint density at radius 2 is 2.00 bits per heavy atom. The van der Waals surface area contributed by atoms with Gasteiger partial charge in [0.15, 0.2) is 11.4 Å². The van der Waals surface area contributed by atoms with Gasteiger partial charge in [-0.3, -0.25) is 4.90 Å². The third-order valence-electron chi connectivity index (χ3n) is 6.09. The van der Waals surface area contributed by atoms with Crippen molar-refractivity contribution in [1.82, 2.24) is 24.5 Å². The number of furan rings is 1. The van der Waals surface area contributed by atoms with Crippen LogP contribution in [0.3, 0.4) is 0 Å². The molecule has 5 heterocycles. The fourth-order valence-electron chi connectivity index (χ4n) is 4.67. The molecule has 9 heteroatoms. The highest BCUT2D eigenvalue weighted by molar-refractivity contribution is 5.57. The zero-order chi connectivity index (χ0) is 20.2. The maximum Gasteiger partial charge on any atom is 0.223 e. The maximum absolute atomic E-state index is 13.3. The van der Waals surface area contributed by atoms with E-state index in [1.807, 2.05) is 18.2 Å². The van der Waals surface area contributed by atoms with Crippen LogP contribution in [0.4, 0.5) is 16.0 Å². The number of aromatic nitrogens is 4. The average molecular weight is 405 g/mol. The predicted octanol–water partition coefficient (Wildman–Crippen LogP) is 2.57. The number of likely N-dealkylation sites (tertiary alicyclic amines) is 1. The summed E-state index contributed by atoms with van der Waals surface area (Å²) in [5, 5.41) is 4.46. The number of halogens is 1. The van der Waals surface area contributed by atoms with E-state index >= 15 is 0 Å². The van der Waals surface area contributed by atoms with E-state index in [2.05, 4.69) is 24.9 Å². The minimum Gasteiger partial charge on any atom is -0.461 e. The van der Waals surface area contributed by atoms with E-state index in [-0.39, 0.29) is 5.82 Å². The lowest BCUT2D eigenvalue weighted by Crippen LogP contribution is -2.46. The molecular formula is C21H20FN7O. The van der Waals surface area contributed by atoms with Crippen molar-refractivity contribution >= 4 is 17.3 Å². The van der Waals surface area contributed by atoms with E-state index in [9.17, 15) is 4.39 Å². The van der Waals surface area contributed by atoms with Crippen LogP contribution in [-0.2, 0) is 6.54 Å². The van der Waals surface area contributed by atoms with E-state index in [1.165, 1.54) is 12.1 Å². The molecule has 6 rings (SSSR count). The lowest BCUT2D eigenvalue weighted by molar-refractivity contribution is 0.230. The van der Waals surface area contributed by atoms with E-state index in [1.54, 1.807) is 23.0 Å². The summed E-state index contributed by atoms with van der Waals surface area (Å²) >= 11 is 0. The van der Waals surface area contributed by atoms with Crippen LogP contribution < -0.4 is 10.6 Å². The smallest absolute Gasteiger partial charge is 0.223 e. The van der Waals surface area contributed by atoms with Crippen LogP contribution in [0.25, 0.3) is 17.2 Å². The molecule has 0 saturated carbocycles. The van der Waals surface area contributed by atoms with Crippen molar-refractivity contribution in [2.75, 3.05) is 23.7 Å². The van der Waals surface area contributed by atoms with Gasteiger partial charge in [0.2, 0.25) is 11.8 Å². The standard InChI is InChI=1S/C21H20FN7O/c22-14-3-5-15(6-4-14)28-12-16-8-17(28)11-27(16)10-13-9-24-21(23)29-20(13)25-19(26-29)18-2-1-7-30-18/h1-7,9,16-17H,8,10-12H2,(H2,23,24)/t16-,17?/m0/s1. The highest BCUT2D eigenvalue weighted by atomic mass is 19.1. The number of nitrogen functional groups attached to an aromatic ring is 1. The van der Waals surface area contributed by atoms with Crippen molar-refractivity contribution in [2.24, 2.45) is 0 Å². The zero-order valence-corrected chi connectivity index (χ0v) is 16.1. The molecular weight excluding hydrogens is 385 g/mol. The van der Waals surface area contributed by atoms with Gasteiger partial charge in [0, 0.05) is 49.2 Å². The average Bonchev–Trinajstić information content (AvgIpc) is 3.53. The molecule has 2 aliphatic rings. The van der Waals surface area contributed by atoms with Gasteiger partial charge in [-0.05, 0) is 42.8 Å². The van der Waals surface area contributed by atoms with Crippen LogP contribution in [0, 0.1) is 5.82 Å². The number of nitrogens with two attached hydrogens (primary N) is 1. The monoisotopic (exact) mass is 405 g/mol. The lowest BCUT2D eigenvalue weighted by atomic mass is 10.2. The Morgan fingerprint density at radius 3 is 2.73 bits per heavy atom. The zero-order valence-electron chi connectivity index (χ0n) is 16.1. The normalized spacial score (nSPS) is 21.2. The maximum atomic E-state index is 13.3. The van der Waals surface area contributed by atoms with Gasteiger partial charge in [0.25, 0.3) is 0 Å². The molecule has 2 bridgehead atoms. The lowest BCUT2D eigenvalue weighted by Gasteiger charge is -2.35. The van der Waals surface area contributed by atoms with Gasteiger partial charge in [-0.1, -0.05) is 0 Å². The summed E-state index contributed by atoms with van der Waals surface area (Å²) in [6, 6.07) is 11.3. The number of benzene rings is 1. The van der Waals surface area contributed by atoms with Crippen molar-refractivity contribution in [3.8, 4) is 11.6 Å². The van der Waals surface area contributed by atoms with E-state index in [0.717, 1.165) is 37.3 Å². The second-order valence-electron chi connectivity index (χ2n) is 7.89. The summed E-state index contributed by atoms with van der Waals surface area (Å²) in [7, 11) is 0. The van der Waals surface area contributed by atoms with Crippen molar-refractivity contribution in [3.63, 3.8) is 0 Å². The first-order chi connectivity index (χ1) is 14.7. The summed E-state index contributed by atoms with van der Waals surface area (Å²) in [5.41, 5.74) is 8.79. The second kappa shape index (κ2) is 6.53. The fourth-order valence-corrected chi connectivity index (χ4v) is 4.67. The van der Waals surface area contributed by atoms with Crippen molar-refractivity contribution < 1.29 is 8.81 Å². The van der Waals surface area contributed by atoms with Crippen LogP contribution in [-0.4, -0.2) is 49.7 Å². The Hall–Kier alpha value is -3.46. The number of rotatable bonds is 4. The third kappa shape index (κ3) is 2.73. The highest BCUT2D eigenvalue weighted by Gasteiger charge is 2.43. The Bertz CT molecular complexity index is 1200. The molecule has 0 spiro atoms. The predicted molar refractivity (Wildman–Crippen MR) is 109 cm³/mol. The topological polar surface area (TPSA) is 88.7 Å². The van der Waals surface area contributed by atoms with Gasteiger partial charge >= 0.3 is 0 Å². The van der Waals surface area contributed by atoms with Crippen LogP contribution in [0.2, 0.25) is 0 Å². The summed E-state index contributed by atoms with van der Waals surface area (Å²) in [4.78, 5) is 13.8. The van der Waals surface area contributed by atoms with E-state index in [0.29, 0.717) is 35.3 Å². The number of nitrogens with zero attached hydrogens (tertiary/aromatic N) is 6. The molecule has 2 atom stereocenters. The molecule has 2 N–H and O–H groups in total.